The van der Waals surface area contributed by atoms with Crippen molar-refractivity contribution in [1.82, 2.24) is 10.2 Å². The van der Waals surface area contributed by atoms with Crippen molar-refractivity contribution in [2.45, 2.75) is 13.8 Å². The lowest BCUT2D eigenvalue weighted by Crippen LogP contribution is -2.12. The molecule has 0 unspecified atom stereocenters. The van der Waals surface area contributed by atoms with Crippen molar-refractivity contribution in [2.75, 3.05) is 25.6 Å². The number of anilines is 1. The van der Waals surface area contributed by atoms with Crippen LogP contribution in [0.3, 0.4) is 0 Å². The van der Waals surface area contributed by atoms with E-state index in [2.05, 4.69) is 15.5 Å². The summed E-state index contributed by atoms with van der Waals surface area (Å²) in [5.41, 5.74) is 1.07. The molecule has 0 saturated heterocycles. The molecule has 0 aliphatic heterocycles. The van der Waals surface area contributed by atoms with E-state index in [1.165, 1.54) is 7.11 Å². The van der Waals surface area contributed by atoms with Crippen molar-refractivity contribution in [3.8, 4) is 28.7 Å². The summed E-state index contributed by atoms with van der Waals surface area (Å²) in [6.45, 7) is 4.82. The summed E-state index contributed by atoms with van der Waals surface area (Å²) < 4.78 is 21.8. The van der Waals surface area contributed by atoms with Crippen LogP contribution in [-0.2, 0) is 0 Å². The summed E-state index contributed by atoms with van der Waals surface area (Å²) >= 11 is 0. The normalized spacial score (nSPS) is 10.4. The topological polar surface area (TPSA) is 95.7 Å². The molecule has 1 aromatic heterocycles. The lowest BCUT2D eigenvalue weighted by atomic mass is 10.2. The number of hydrogen-bond donors (Lipinski definition) is 1. The van der Waals surface area contributed by atoms with E-state index >= 15 is 0 Å². The van der Waals surface area contributed by atoms with Gasteiger partial charge in [0.2, 0.25) is 5.89 Å². The first-order valence-electron chi connectivity index (χ1n) is 8.83. The summed E-state index contributed by atoms with van der Waals surface area (Å²) in [6, 6.07) is 12.1. The van der Waals surface area contributed by atoms with Crippen molar-refractivity contribution in [2.24, 2.45) is 0 Å². The zero-order chi connectivity index (χ0) is 19.9. The molecule has 0 aliphatic carbocycles. The van der Waals surface area contributed by atoms with Crippen LogP contribution < -0.4 is 19.5 Å². The van der Waals surface area contributed by atoms with Crippen LogP contribution in [0.15, 0.2) is 46.9 Å². The predicted molar refractivity (Wildman–Crippen MR) is 103 cm³/mol. The first-order valence-corrected chi connectivity index (χ1v) is 8.83. The van der Waals surface area contributed by atoms with Crippen LogP contribution in [0.25, 0.3) is 11.5 Å². The first-order chi connectivity index (χ1) is 13.6. The third-order valence-electron chi connectivity index (χ3n) is 3.77. The fraction of sp³-hybridized carbons (Fsp3) is 0.250. The molecule has 0 aliphatic rings. The molecule has 146 valence electrons. The molecule has 1 amide bonds. The van der Waals surface area contributed by atoms with E-state index in [1.807, 2.05) is 13.8 Å². The van der Waals surface area contributed by atoms with Gasteiger partial charge in [0, 0.05) is 11.1 Å². The van der Waals surface area contributed by atoms with Gasteiger partial charge >= 0.3 is 6.01 Å². The molecule has 3 rings (SSSR count). The van der Waals surface area contributed by atoms with E-state index < -0.39 is 0 Å². The molecule has 8 nitrogen and oxygen atoms in total. The van der Waals surface area contributed by atoms with Crippen LogP contribution in [0, 0.1) is 0 Å². The van der Waals surface area contributed by atoms with Crippen molar-refractivity contribution in [3.63, 3.8) is 0 Å². The van der Waals surface area contributed by atoms with Crippen LogP contribution >= 0.6 is 0 Å². The molecular formula is C20H21N3O5. The van der Waals surface area contributed by atoms with Gasteiger partial charge in [0.25, 0.3) is 5.91 Å². The Labute approximate surface area is 162 Å². The standard InChI is InChI=1S/C20H21N3O5/c1-4-26-16-10-9-14(12-17(16)27-5-2)19-22-23-20(28-19)21-18(24)13-7-6-8-15(11-13)25-3/h6-12H,4-5H2,1-3H3,(H,21,23,24). The number of benzene rings is 2. The largest absolute Gasteiger partial charge is 0.497 e. The fourth-order valence-corrected chi connectivity index (χ4v) is 2.51. The van der Waals surface area contributed by atoms with Crippen LogP contribution in [0.2, 0.25) is 0 Å². The molecule has 0 spiro atoms. The summed E-state index contributed by atoms with van der Waals surface area (Å²) in [7, 11) is 1.54. The molecule has 0 bridgehead atoms. The monoisotopic (exact) mass is 383 g/mol. The molecule has 0 saturated carbocycles. The molecule has 1 heterocycles. The van der Waals surface area contributed by atoms with Gasteiger partial charge in [-0.2, -0.15) is 0 Å². The quantitative estimate of drug-likeness (QED) is 0.632. The Morgan fingerprint density at radius 1 is 1.04 bits per heavy atom. The minimum Gasteiger partial charge on any atom is -0.497 e. The van der Waals surface area contributed by atoms with Gasteiger partial charge in [0.1, 0.15) is 5.75 Å². The third-order valence-corrected chi connectivity index (χ3v) is 3.77. The highest BCUT2D eigenvalue weighted by Crippen LogP contribution is 2.32. The molecule has 0 atom stereocenters. The lowest BCUT2D eigenvalue weighted by molar-refractivity contribution is 0.102. The minimum atomic E-state index is -0.379. The molecule has 1 N–H and O–H groups in total. The van der Waals surface area contributed by atoms with Crippen LogP contribution in [0.4, 0.5) is 6.01 Å². The van der Waals surface area contributed by atoms with Crippen molar-refractivity contribution in [3.05, 3.63) is 48.0 Å². The minimum absolute atomic E-state index is 0.00494. The number of carbonyl (C=O) groups is 1. The van der Waals surface area contributed by atoms with Gasteiger partial charge in [-0.15, -0.1) is 5.10 Å². The predicted octanol–water partition coefficient (Wildman–Crippen LogP) is 3.79. The maximum absolute atomic E-state index is 12.4. The van der Waals surface area contributed by atoms with Gasteiger partial charge in [-0.1, -0.05) is 11.2 Å². The van der Waals surface area contributed by atoms with Crippen LogP contribution in [-0.4, -0.2) is 36.4 Å². The maximum atomic E-state index is 12.4. The number of hydrogen-bond acceptors (Lipinski definition) is 7. The third kappa shape index (κ3) is 4.40. The molecule has 28 heavy (non-hydrogen) atoms. The maximum Gasteiger partial charge on any atom is 0.322 e. The first kappa shape index (κ1) is 19.2. The molecule has 0 radical (unpaired) electrons. The van der Waals surface area contributed by atoms with Gasteiger partial charge in [0.15, 0.2) is 11.5 Å². The van der Waals surface area contributed by atoms with E-state index in [4.69, 9.17) is 18.6 Å². The van der Waals surface area contributed by atoms with E-state index in [-0.39, 0.29) is 17.8 Å². The number of rotatable bonds is 8. The van der Waals surface area contributed by atoms with Crippen LogP contribution in [0.5, 0.6) is 17.2 Å². The summed E-state index contributed by atoms with van der Waals surface area (Å²) in [4.78, 5) is 12.4. The molecule has 2 aromatic carbocycles. The van der Waals surface area contributed by atoms with Gasteiger partial charge in [0.05, 0.1) is 20.3 Å². The van der Waals surface area contributed by atoms with E-state index in [0.717, 1.165) is 0 Å². The van der Waals surface area contributed by atoms with E-state index in [9.17, 15) is 4.79 Å². The second kappa shape index (κ2) is 8.90. The number of nitrogens with zero attached hydrogens (tertiary/aromatic N) is 2. The lowest BCUT2D eigenvalue weighted by Gasteiger charge is -2.11. The average molecular weight is 383 g/mol. The van der Waals surface area contributed by atoms with Gasteiger partial charge < -0.3 is 18.6 Å². The molecular weight excluding hydrogens is 362 g/mol. The average Bonchev–Trinajstić information content (AvgIpc) is 3.18. The molecule has 0 fully saturated rings. The number of aromatic nitrogens is 2. The number of carbonyl (C=O) groups excluding carboxylic acids is 1. The van der Waals surface area contributed by atoms with Gasteiger partial charge in [-0.3, -0.25) is 10.1 Å². The Kier molecular flexibility index (Phi) is 6.11. The Morgan fingerprint density at radius 3 is 2.57 bits per heavy atom. The zero-order valence-electron chi connectivity index (χ0n) is 15.9. The van der Waals surface area contributed by atoms with Crippen molar-refractivity contribution < 1.29 is 23.4 Å². The highest BCUT2D eigenvalue weighted by molar-refractivity contribution is 6.03. The van der Waals surface area contributed by atoms with Crippen molar-refractivity contribution in [1.29, 1.82) is 0 Å². The summed E-state index contributed by atoms with van der Waals surface area (Å²) in [5, 5.41) is 10.5. The number of amides is 1. The van der Waals surface area contributed by atoms with Crippen molar-refractivity contribution >= 4 is 11.9 Å². The van der Waals surface area contributed by atoms with E-state index in [1.54, 1.807) is 42.5 Å². The summed E-state index contributed by atoms with van der Waals surface area (Å²) in [6.07, 6.45) is 0. The molecule has 3 aromatic rings. The second-order valence-corrected chi connectivity index (χ2v) is 5.63. The highest BCUT2D eigenvalue weighted by atomic mass is 16.5. The summed E-state index contributed by atoms with van der Waals surface area (Å²) in [5.74, 6) is 1.68. The van der Waals surface area contributed by atoms with Gasteiger partial charge in [-0.05, 0) is 50.2 Å². The smallest absolute Gasteiger partial charge is 0.322 e. The molecule has 8 heteroatoms. The number of methoxy groups -OCH3 is 1. The SMILES string of the molecule is CCOc1ccc(-c2nnc(NC(=O)c3cccc(OC)c3)o2)cc1OCC. The fourth-order valence-electron chi connectivity index (χ4n) is 2.51. The zero-order valence-corrected chi connectivity index (χ0v) is 15.9. The van der Waals surface area contributed by atoms with Crippen LogP contribution in [0.1, 0.15) is 24.2 Å². The Balaban J connectivity index is 1.78. The Morgan fingerprint density at radius 2 is 1.82 bits per heavy atom. The number of ether oxygens (including phenoxy) is 3. The second-order valence-electron chi connectivity index (χ2n) is 5.63. The number of nitrogens with one attached hydrogen (secondary N) is 1. The Bertz CT molecular complexity index is 955. The highest BCUT2D eigenvalue weighted by Gasteiger charge is 2.15. The Hall–Kier alpha value is -3.55. The van der Waals surface area contributed by atoms with E-state index in [0.29, 0.717) is 41.6 Å². The van der Waals surface area contributed by atoms with Gasteiger partial charge in [-0.25, -0.2) is 0 Å².